The zero-order valence-electron chi connectivity index (χ0n) is 19.0. The zero-order chi connectivity index (χ0) is 24.4. The van der Waals surface area contributed by atoms with Crippen LogP contribution in [0, 0.1) is 23.4 Å². The molecule has 3 aromatic rings. The Bertz CT molecular complexity index is 1170. The highest BCUT2D eigenvalue weighted by molar-refractivity contribution is 7.99. The normalized spacial score (nSPS) is 22.5. The molecule has 8 heteroatoms. The second-order valence-corrected chi connectivity index (χ2v) is 9.82. The lowest BCUT2D eigenvalue weighted by Crippen LogP contribution is -2.42. The number of nitrogens with two attached hydrogens (primary N) is 1. The third-order valence-corrected chi connectivity index (χ3v) is 7.89. The van der Waals surface area contributed by atoms with E-state index < -0.39 is 28.7 Å². The number of ketones is 1. The molecule has 1 aliphatic rings. The highest BCUT2D eigenvalue weighted by Crippen LogP contribution is 2.41. The van der Waals surface area contributed by atoms with Gasteiger partial charge in [0.15, 0.2) is 5.78 Å². The van der Waals surface area contributed by atoms with Crippen LogP contribution in [0.2, 0.25) is 0 Å². The average molecular weight is 486 g/mol. The average Bonchev–Trinajstić information content (AvgIpc) is 2.80. The van der Waals surface area contributed by atoms with Crippen molar-refractivity contribution in [3.8, 4) is 11.3 Å². The van der Waals surface area contributed by atoms with Crippen LogP contribution in [0.25, 0.3) is 11.3 Å². The maximum Gasteiger partial charge on any atom is 0.185 e. The Balaban J connectivity index is 1.62. The number of carbonyl (C=O) groups is 1. The largest absolute Gasteiger partial charge is 0.327 e. The van der Waals surface area contributed by atoms with E-state index >= 15 is 0 Å². The van der Waals surface area contributed by atoms with Gasteiger partial charge in [-0.1, -0.05) is 13.0 Å². The number of aromatic nitrogens is 2. The number of rotatable bonds is 6. The molecule has 0 saturated heterocycles. The minimum atomic E-state index is -0.947. The van der Waals surface area contributed by atoms with Gasteiger partial charge < -0.3 is 5.73 Å². The summed E-state index contributed by atoms with van der Waals surface area (Å²) in [4.78, 5) is 21.3. The van der Waals surface area contributed by atoms with Crippen LogP contribution in [0.5, 0.6) is 0 Å². The Kier molecular flexibility index (Phi) is 7.38. The highest BCUT2D eigenvalue weighted by atomic mass is 32.2. The Morgan fingerprint density at radius 2 is 1.82 bits per heavy atom. The number of halogens is 3. The van der Waals surface area contributed by atoms with E-state index in [1.54, 1.807) is 24.2 Å². The fourth-order valence-corrected chi connectivity index (χ4v) is 6.01. The van der Waals surface area contributed by atoms with Crippen LogP contribution >= 0.6 is 11.8 Å². The quantitative estimate of drug-likeness (QED) is 0.463. The molecule has 2 N–H and O–H groups in total. The first-order valence-corrected chi connectivity index (χ1v) is 12.4. The monoisotopic (exact) mass is 485 g/mol. The lowest BCUT2D eigenvalue weighted by atomic mass is 9.75. The molecule has 1 aliphatic carbocycles. The first-order chi connectivity index (χ1) is 16.3. The summed E-state index contributed by atoms with van der Waals surface area (Å²) in [7, 11) is 0. The van der Waals surface area contributed by atoms with Gasteiger partial charge in [-0.3, -0.25) is 9.78 Å². The van der Waals surface area contributed by atoms with E-state index in [4.69, 9.17) is 5.73 Å². The molecule has 4 atom stereocenters. The van der Waals surface area contributed by atoms with E-state index in [2.05, 4.69) is 23.1 Å². The molecule has 1 fully saturated rings. The zero-order valence-corrected chi connectivity index (χ0v) is 19.8. The molecule has 4 rings (SSSR count). The van der Waals surface area contributed by atoms with Crippen molar-refractivity contribution >= 4 is 17.5 Å². The molecule has 178 valence electrons. The van der Waals surface area contributed by atoms with Crippen LogP contribution in [0.3, 0.4) is 0 Å². The molecule has 0 radical (unpaired) electrons. The molecule has 0 bridgehead atoms. The third-order valence-electron chi connectivity index (χ3n) is 6.53. The van der Waals surface area contributed by atoms with Gasteiger partial charge in [0.25, 0.3) is 0 Å². The third kappa shape index (κ3) is 4.88. The van der Waals surface area contributed by atoms with Crippen molar-refractivity contribution < 1.29 is 18.0 Å². The maximum atomic E-state index is 14.4. The first kappa shape index (κ1) is 24.4. The van der Waals surface area contributed by atoms with Crippen LogP contribution in [-0.2, 0) is 6.42 Å². The Morgan fingerprint density at radius 1 is 1.09 bits per heavy atom. The van der Waals surface area contributed by atoms with Gasteiger partial charge in [-0.25, -0.2) is 18.2 Å². The van der Waals surface area contributed by atoms with Crippen LogP contribution in [-0.4, -0.2) is 33.3 Å². The van der Waals surface area contributed by atoms with Crippen LogP contribution < -0.4 is 5.73 Å². The lowest BCUT2D eigenvalue weighted by Gasteiger charge is -2.38. The van der Waals surface area contributed by atoms with Crippen LogP contribution in [0.4, 0.5) is 13.2 Å². The van der Waals surface area contributed by atoms with Crippen LogP contribution in [0.15, 0.2) is 48.8 Å². The number of hydrogen-bond acceptors (Lipinski definition) is 5. The summed E-state index contributed by atoms with van der Waals surface area (Å²) in [5, 5.41) is 0.392. The Hall–Kier alpha value is -2.71. The fourth-order valence-electron chi connectivity index (χ4n) is 4.97. The number of benzene rings is 1. The Labute approximate surface area is 201 Å². The van der Waals surface area contributed by atoms with Gasteiger partial charge in [0.05, 0.1) is 5.56 Å². The molecule has 34 heavy (non-hydrogen) atoms. The standard InChI is InChI=1S/C26H26F3N3OS/c1-14-10-15(11-21(30)26(14)34-2)17-8-9-31-13-16(17)12-23(33)22-7-6-20(29)25(32-22)24-18(27)4-3-5-19(24)28/h3-9,13-15,21,26H,10-12,30H2,1-2H3/t14-,15+,21+,26-/m0/s1. The van der Waals surface area contributed by atoms with Crippen molar-refractivity contribution in [3.05, 3.63) is 83.1 Å². The summed E-state index contributed by atoms with van der Waals surface area (Å²) in [6.07, 6.45) is 7.20. The summed E-state index contributed by atoms with van der Waals surface area (Å²) in [5.41, 5.74) is 7.04. The lowest BCUT2D eigenvalue weighted by molar-refractivity contribution is 0.0987. The minimum Gasteiger partial charge on any atom is -0.327 e. The molecule has 0 unspecified atom stereocenters. The molecule has 2 heterocycles. The summed E-state index contributed by atoms with van der Waals surface area (Å²) >= 11 is 1.79. The van der Waals surface area contributed by atoms with Crippen molar-refractivity contribution in [3.63, 3.8) is 0 Å². The van der Waals surface area contributed by atoms with Crippen molar-refractivity contribution in [2.45, 2.75) is 43.4 Å². The topological polar surface area (TPSA) is 68.9 Å². The molecule has 0 spiro atoms. The van der Waals surface area contributed by atoms with Gasteiger partial charge in [-0.15, -0.1) is 0 Å². The maximum absolute atomic E-state index is 14.4. The van der Waals surface area contributed by atoms with E-state index in [1.165, 1.54) is 12.1 Å². The molecule has 0 aliphatic heterocycles. The SMILES string of the molecule is CS[C@@H]1[C@H](N)C[C@H](c2ccncc2CC(=O)c2ccc(F)c(-c3c(F)cccc3F)n2)C[C@@H]1C. The van der Waals surface area contributed by atoms with E-state index in [1.807, 2.05) is 6.07 Å². The van der Waals surface area contributed by atoms with Gasteiger partial charge in [-0.2, -0.15) is 11.8 Å². The van der Waals surface area contributed by atoms with Crippen molar-refractivity contribution in [1.82, 2.24) is 9.97 Å². The van der Waals surface area contributed by atoms with Gasteiger partial charge in [0, 0.05) is 30.1 Å². The van der Waals surface area contributed by atoms with Gasteiger partial charge in [0.1, 0.15) is 28.8 Å². The first-order valence-electron chi connectivity index (χ1n) is 11.2. The number of hydrogen-bond donors (Lipinski definition) is 1. The fraction of sp³-hybridized carbons (Fsp3) is 0.346. The Morgan fingerprint density at radius 3 is 2.50 bits per heavy atom. The van der Waals surface area contributed by atoms with Crippen molar-refractivity contribution in [2.24, 2.45) is 11.7 Å². The molecule has 4 nitrogen and oxygen atoms in total. The minimum absolute atomic E-state index is 0.00687. The molecule has 1 aromatic carbocycles. The van der Waals surface area contributed by atoms with Crippen LogP contribution in [0.1, 0.15) is 47.3 Å². The van der Waals surface area contributed by atoms with E-state index in [-0.39, 0.29) is 29.9 Å². The second kappa shape index (κ2) is 10.3. The highest BCUT2D eigenvalue weighted by Gasteiger charge is 2.34. The molecular weight excluding hydrogens is 459 g/mol. The van der Waals surface area contributed by atoms with Gasteiger partial charge in [0.2, 0.25) is 0 Å². The number of Topliss-reactive ketones (excluding diaryl/α,β-unsaturated/α-hetero) is 1. The predicted molar refractivity (Wildman–Crippen MR) is 128 cm³/mol. The number of pyridine rings is 2. The van der Waals surface area contributed by atoms with Gasteiger partial charge >= 0.3 is 0 Å². The molecule has 2 aromatic heterocycles. The summed E-state index contributed by atoms with van der Waals surface area (Å²) < 4.78 is 42.9. The smallest absolute Gasteiger partial charge is 0.185 e. The van der Waals surface area contributed by atoms with Gasteiger partial charge in [-0.05, 0) is 72.4 Å². The predicted octanol–water partition coefficient (Wildman–Crippen LogP) is 5.56. The summed E-state index contributed by atoms with van der Waals surface area (Å²) in [5.74, 6) is -2.56. The van der Waals surface area contributed by atoms with E-state index in [0.717, 1.165) is 42.2 Å². The molecule has 1 saturated carbocycles. The van der Waals surface area contributed by atoms with E-state index in [9.17, 15) is 18.0 Å². The van der Waals surface area contributed by atoms with Crippen molar-refractivity contribution in [1.29, 1.82) is 0 Å². The number of carbonyl (C=O) groups excluding carboxylic acids is 1. The van der Waals surface area contributed by atoms with E-state index in [0.29, 0.717) is 11.2 Å². The summed E-state index contributed by atoms with van der Waals surface area (Å²) in [6, 6.07) is 7.45. The second-order valence-electron chi connectivity index (χ2n) is 8.81. The van der Waals surface area contributed by atoms with Crippen molar-refractivity contribution in [2.75, 3.05) is 6.26 Å². The molecule has 0 amide bonds. The number of nitrogens with zero attached hydrogens (tertiary/aromatic N) is 2. The molecular formula is C26H26F3N3OS. The summed E-state index contributed by atoms with van der Waals surface area (Å²) in [6.45, 7) is 2.20. The number of thioether (sulfide) groups is 1.